The molecule has 1 aromatic carbocycles. The van der Waals surface area contributed by atoms with Crippen LogP contribution in [0.3, 0.4) is 0 Å². The third-order valence-electron chi connectivity index (χ3n) is 3.05. The van der Waals surface area contributed by atoms with Crippen molar-refractivity contribution in [2.24, 2.45) is 0 Å². The van der Waals surface area contributed by atoms with Crippen LogP contribution in [0.1, 0.15) is 30.6 Å². The van der Waals surface area contributed by atoms with E-state index in [1.165, 1.54) is 10.7 Å². The van der Waals surface area contributed by atoms with Gasteiger partial charge >= 0.3 is 5.97 Å². The van der Waals surface area contributed by atoms with E-state index < -0.39 is 11.5 Å². The van der Waals surface area contributed by atoms with Crippen molar-refractivity contribution in [3.8, 4) is 11.3 Å². The summed E-state index contributed by atoms with van der Waals surface area (Å²) in [6.07, 6.45) is 0.735. The Balaban J connectivity index is 2.57. The molecule has 1 aromatic heterocycles. The minimum atomic E-state index is -0.630. The number of carbonyl (C=O) groups is 1. The number of benzene rings is 1. The zero-order chi connectivity index (χ0) is 16.1. The van der Waals surface area contributed by atoms with E-state index in [1.54, 1.807) is 31.2 Å². The van der Waals surface area contributed by atoms with E-state index >= 15 is 0 Å². The lowest BCUT2D eigenvalue weighted by atomic mass is 10.1. The number of aryl methyl sites for hydroxylation is 1. The normalized spacial score (nSPS) is 10.5. The van der Waals surface area contributed by atoms with Crippen molar-refractivity contribution < 1.29 is 9.53 Å². The van der Waals surface area contributed by atoms with Crippen molar-refractivity contribution in [1.82, 2.24) is 9.78 Å². The summed E-state index contributed by atoms with van der Waals surface area (Å²) < 4.78 is 6.25. The standard InChI is InChI=1S/C16H17ClN2O3/c1-3-9-19-15(20)13(16(21)22-4-2)10-14(18-19)11-5-7-12(17)8-6-11/h5-8,10H,3-4,9H2,1-2H3. The minimum absolute atomic E-state index is 0.00440. The van der Waals surface area contributed by atoms with E-state index in [9.17, 15) is 9.59 Å². The third kappa shape index (κ3) is 3.54. The van der Waals surface area contributed by atoms with Crippen LogP contribution in [-0.2, 0) is 11.3 Å². The number of nitrogens with zero attached hydrogens (tertiary/aromatic N) is 2. The summed E-state index contributed by atoms with van der Waals surface area (Å²) in [7, 11) is 0. The molecule has 2 rings (SSSR count). The quantitative estimate of drug-likeness (QED) is 0.794. The average Bonchev–Trinajstić information content (AvgIpc) is 2.50. The number of hydrogen-bond acceptors (Lipinski definition) is 4. The summed E-state index contributed by atoms with van der Waals surface area (Å²) in [5.41, 5.74) is 0.876. The number of esters is 1. The number of hydrogen-bond donors (Lipinski definition) is 0. The van der Waals surface area contributed by atoms with Gasteiger partial charge in [0.05, 0.1) is 12.3 Å². The number of halogens is 1. The van der Waals surface area contributed by atoms with Gasteiger partial charge < -0.3 is 4.74 Å². The first-order valence-corrected chi connectivity index (χ1v) is 7.49. The van der Waals surface area contributed by atoms with Crippen molar-refractivity contribution in [3.05, 3.63) is 51.3 Å². The smallest absolute Gasteiger partial charge is 0.343 e. The molecule has 0 saturated carbocycles. The van der Waals surface area contributed by atoms with E-state index in [2.05, 4.69) is 5.10 Å². The summed E-state index contributed by atoms with van der Waals surface area (Å²) in [4.78, 5) is 24.3. The molecule has 0 atom stereocenters. The van der Waals surface area contributed by atoms with E-state index in [4.69, 9.17) is 16.3 Å². The van der Waals surface area contributed by atoms with Crippen molar-refractivity contribution in [2.75, 3.05) is 6.61 Å². The molecule has 116 valence electrons. The lowest BCUT2D eigenvalue weighted by molar-refractivity contribution is 0.0523. The molecule has 0 fully saturated rings. The number of carbonyl (C=O) groups excluding carboxylic acids is 1. The maximum Gasteiger partial charge on any atom is 0.343 e. The predicted octanol–water partition coefficient (Wildman–Crippen LogP) is 3.15. The Hall–Kier alpha value is -2.14. The molecule has 0 unspecified atom stereocenters. The van der Waals surface area contributed by atoms with Crippen LogP contribution in [0.5, 0.6) is 0 Å². The highest BCUT2D eigenvalue weighted by molar-refractivity contribution is 6.30. The van der Waals surface area contributed by atoms with Crippen LogP contribution in [-0.4, -0.2) is 22.4 Å². The lowest BCUT2D eigenvalue weighted by Crippen LogP contribution is -2.29. The highest BCUT2D eigenvalue weighted by atomic mass is 35.5. The molecule has 22 heavy (non-hydrogen) atoms. The molecule has 0 spiro atoms. The van der Waals surface area contributed by atoms with Gasteiger partial charge in [-0.15, -0.1) is 0 Å². The van der Waals surface area contributed by atoms with Crippen LogP contribution in [0.15, 0.2) is 35.1 Å². The van der Waals surface area contributed by atoms with Gasteiger partial charge in [-0.2, -0.15) is 5.10 Å². The highest BCUT2D eigenvalue weighted by Gasteiger charge is 2.17. The van der Waals surface area contributed by atoms with Gasteiger partial charge in [0.2, 0.25) is 0 Å². The SMILES string of the molecule is CCCn1nc(-c2ccc(Cl)cc2)cc(C(=O)OCC)c1=O. The van der Waals surface area contributed by atoms with E-state index in [0.29, 0.717) is 17.3 Å². The molecule has 0 aliphatic heterocycles. The molecule has 0 aliphatic carbocycles. The number of ether oxygens (including phenoxy) is 1. The van der Waals surface area contributed by atoms with Crippen LogP contribution in [0.2, 0.25) is 5.02 Å². The molecule has 0 radical (unpaired) electrons. The van der Waals surface area contributed by atoms with Crippen LogP contribution >= 0.6 is 11.6 Å². The largest absolute Gasteiger partial charge is 0.462 e. The molecule has 1 heterocycles. The van der Waals surface area contributed by atoms with Gasteiger partial charge in [-0.25, -0.2) is 9.48 Å². The van der Waals surface area contributed by atoms with Gasteiger partial charge in [-0.1, -0.05) is 30.7 Å². The molecule has 2 aromatic rings. The number of aromatic nitrogens is 2. The van der Waals surface area contributed by atoms with E-state index in [0.717, 1.165) is 12.0 Å². The van der Waals surface area contributed by atoms with Crippen molar-refractivity contribution >= 4 is 17.6 Å². The second-order valence-electron chi connectivity index (χ2n) is 4.70. The molecule has 0 amide bonds. The van der Waals surface area contributed by atoms with Crippen LogP contribution in [0, 0.1) is 0 Å². The molecule has 5 nitrogen and oxygen atoms in total. The maximum atomic E-state index is 12.3. The summed E-state index contributed by atoms with van der Waals surface area (Å²) in [6, 6.07) is 8.52. The first kappa shape index (κ1) is 16.2. The Kier molecular flexibility index (Phi) is 5.33. The first-order chi connectivity index (χ1) is 10.6. The predicted molar refractivity (Wildman–Crippen MR) is 85.2 cm³/mol. The van der Waals surface area contributed by atoms with Crippen molar-refractivity contribution in [1.29, 1.82) is 0 Å². The fourth-order valence-corrected chi connectivity index (χ4v) is 2.15. The molecule has 0 bridgehead atoms. The molecule has 0 saturated heterocycles. The van der Waals surface area contributed by atoms with Crippen molar-refractivity contribution in [3.63, 3.8) is 0 Å². The van der Waals surface area contributed by atoms with Crippen molar-refractivity contribution in [2.45, 2.75) is 26.8 Å². The second kappa shape index (κ2) is 7.22. The van der Waals surface area contributed by atoms with Crippen LogP contribution in [0.4, 0.5) is 0 Å². The topological polar surface area (TPSA) is 61.2 Å². The molecule has 0 aliphatic rings. The minimum Gasteiger partial charge on any atom is -0.462 e. The Bertz CT molecular complexity index is 723. The zero-order valence-corrected chi connectivity index (χ0v) is 13.3. The summed E-state index contributed by atoms with van der Waals surface area (Å²) >= 11 is 5.88. The maximum absolute atomic E-state index is 12.3. The molecule has 6 heteroatoms. The Labute approximate surface area is 133 Å². The number of rotatable bonds is 5. The molecular formula is C16H17ClN2O3. The third-order valence-corrected chi connectivity index (χ3v) is 3.30. The van der Waals surface area contributed by atoms with Gasteiger partial charge in [0, 0.05) is 17.1 Å². The zero-order valence-electron chi connectivity index (χ0n) is 12.5. The fourth-order valence-electron chi connectivity index (χ4n) is 2.02. The second-order valence-corrected chi connectivity index (χ2v) is 5.14. The summed E-state index contributed by atoms with van der Waals surface area (Å²) in [5, 5.41) is 4.93. The first-order valence-electron chi connectivity index (χ1n) is 7.12. The Morgan fingerprint density at radius 2 is 1.95 bits per heavy atom. The highest BCUT2D eigenvalue weighted by Crippen LogP contribution is 2.19. The molecule has 0 N–H and O–H groups in total. The fraction of sp³-hybridized carbons (Fsp3) is 0.312. The van der Waals surface area contributed by atoms with Gasteiger partial charge in [-0.3, -0.25) is 4.79 Å². The summed E-state index contributed by atoms with van der Waals surface area (Å²) in [5.74, 6) is -0.630. The average molecular weight is 321 g/mol. The Morgan fingerprint density at radius 3 is 2.55 bits per heavy atom. The van der Waals surface area contributed by atoms with Crippen LogP contribution < -0.4 is 5.56 Å². The van der Waals surface area contributed by atoms with E-state index in [-0.39, 0.29) is 12.2 Å². The summed E-state index contributed by atoms with van der Waals surface area (Å²) in [6.45, 7) is 4.29. The Morgan fingerprint density at radius 1 is 1.27 bits per heavy atom. The molecular weight excluding hydrogens is 304 g/mol. The van der Waals surface area contributed by atoms with E-state index in [1.807, 2.05) is 6.92 Å². The van der Waals surface area contributed by atoms with Gasteiger partial charge in [0.1, 0.15) is 5.56 Å². The van der Waals surface area contributed by atoms with Gasteiger partial charge in [0.25, 0.3) is 5.56 Å². The van der Waals surface area contributed by atoms with Crippen LogP contribution in [0.25, 0.3) is 11.3 Å². The monoisotopic (exact) mass is 320 g/mol. The van der Waals surface area contributed by atoms with Gasteiger partial charge in [0.15, 0.2) is 0 Å². The lowest BCUT2D eigenvalue weighted by Gasteiger charge is -2.09. The van der Waals surface area contributed by atoms with Gasteiger partial charge in [-0.05, 0) is 31.5 Å².